The number of urea groups is 1. The van der Waals surface area contributed by atoms with Crippen molar-refractivity contribution in [1.29, 1.82) is 0 Å². The van der Waals surface area contributed by atoms with Crippen LogP contribution in [0.5, 0.6) is 0 Å². The molecule has 0 atom stereocenters. The summed E-state index contributed by atoms with van der Waals surface area (Å²) in [6.45, 7) is 9.52. The molecule has 0 saturated carbocycles. The molecule has 0 spiro atoms. The number of hydrogen-bond donors (Lipinski definition) is 0. The normalized spacial score (nSPS) is 9.00. The lowest BCUT2D eigenvalue weighted by Crippen LogP contribution is -2.43. The molecular weight excluding hydrogens is 160 g/mol. The van der Waals surface area contributed by atoms with Crippen LogP contribution in [0.15, 0.2) is 0 Å². The number of imide groups is 2. The van der Waals surface area contributed by atoms with Gasteiger partial charge in [0.15, 0.2) is 0 Å². The second-order valence-electron chi connectivity index (χ2n) is 2.08. The second kappa shape index (κ2) is 3.85. The van der Waals surface area contributed by atoms with E-state index in [1.165, 1.54) is 0 Å². The number of rotatable bonds is 0. The molecule has 5 nitrogen and oxygen atoms in total. The van der Waals surface area contributed by atoms with Crippen molar-refractivity contribution in [3.8, 4) is 0 Å². The van der Waals surface area contributed by atoms with E-state index in [4.69, 9.17) is 13.8 Å². The zero-order valence-electron chi connectivity index (χ0n) is 6.77. The van der Waals surface area contributed by atoms with Crippen LogP contribution in [0.1, 0.15) is 0 Å². The van der Waals surface area contributed by atoms with E-state index in [9.17, 15) is 14.4 Å². The van der Waals surface area contributed by atoms with Gasteiger partial charge >= 0.3 is 6.03 Å². The molecule has 0 fully saturated rings. The van der Waals surface area contributed by atoms with E-state index in [0.717, 1.165) is 14.1 Å². The Morgan fingerprint density at radius 1 is 0.917 bits per heavy atom. The van der Waals surface area contributed by atoms with Crippen LogP contribution < -0.4 is 0 Å². The average Bonchev–Trinajstić information content (AvgIpc) is 2.00. The minimum Gasteiger partial charge on any atom is -0.274 e. The number of amides is 4. The zero-order chi connectivity index (χ0) is 9.89. The van der Waals surface area contributed by atoms with Gasteiger partial charge in [0.1, 0.15) is 0 Å². The molecule has 0 aliphatic rings. The minimum absolute atomic E-state index is 0.574. The standard InChI is InChI=1S/C7H8N2O3/c1-5(10)8(3)7(12)9(4)6(2)11/h1-2H,3-4H3. The van der Waals surface area contributed by atoms with Crippen molar-refractivity contribution in [2.24, 2.45) is 0 Å². The fourth-order valence-corrected chi connectivity index (χ4v) is 0.414. The molecule has 0 bridgehead atoms. The summed E-state index contributed by atoms with van der Waals surface area (Å²) < 4.78 is 0. The van der Waals surface area contributed by atoms with Gasteiger partial charge in [0.05, 0.1) is 13.8 Å². The summed E-state index contributed by atoms with van der Waals surface area (Å²) in [5.74, 6) is -1.90. The molecular formula is C7H8N2O3. The number of hydrogen-bond acceptors (Lipinski definition) is 3. The molecule has 0 aromatic carbocycles. The van der Waals surface area contributed by atoms with Crippen LogP contribution in [0.3, 0.4) is 0 Å². The predicted molar refractivity (Wildman–Crippen MR) is 39.5 cm³/mol. The Morgan fingerprint density at radius 2 is 1.17 bits per heavy atom. The van der Waals surface area contributed by atoms with Crippen molar-refractivity contribution in [2.45, 2.75) is 0 Å². The molecule has 4 radical (unpaired) electrons. The number of carbonyl (C=O) groups is 3. The first kappa shape index (κ1) is 10.6. The van der Waals surface area contributed by atoms with Gasteiger partial charge in [0, 0.05) is 14.1 Å². The fourth-order valence-electron chi connectivity index (χ4n) is 0.414. The van der Waals surface area contributed by atoms with Gasteiger partial charge in [-0.2, -0.15) is 0 Å². The summed E-state index contributed by atoms with van der Waals surface area (Å²) in [7, 11) is 2.29. The SMILES string of the molecule is [CH]C(=O)N(C)C(=O)N(C)C([CH])=O. The first-order valence-corrected chi connectivity index (χ1v) is 2.98. The van der Waals surface area contributed by atoms with Crippen LogP contribution in [-0.2, 0) is 9.59 Å². The van der Waals surface area contributed by atoms with Crippen molar-refractivity contribution >= 4 is 17.8 Å². The lowest BCUT2D eigenvalue weighted by atomic mass is 10.5. The van der Waals surface area contributed by atoms with Gasteiger partial charge < -0.3 is 0 Å². The number of carbonyl (C=O) groups excluding carboxylic acids is 3. The molecule has 5 heteroatoms. The van der Waals surface area contributed by atoms with Gasteiger partial charge in [0.2, 0.25) is 11.8 Å². The molecule has 0 rings (SSSR count). The van der Waals surface area contributed by atoms with Crippen LogP contribution in [0.25, 0.3) is 0 Å². The summed E-state index contributed by atoms with van der Waals surface area (Å²) >= 11 is 0. The summed E-state index contributed by atoms with van der Waals surface area (Å²) in [4.78, 5) is 33.0. The molecule has 4 amide bonds. The molecule has 0 N–H and O–H groups in total. The fraction of sp³-hybridized carbons (Fsp3) is 0.286. The van der Waals surface area contributed by atoms with Gasteiger partial charge in [-0.3, -0.25) is 19.4 Å². The third-order valence-corrected chi connectivity index (χ3v) is 1.24. The van der Waals surface area contributed by atoms with Crippen LogP contribution >= 0.6 is 0 Å². The zero-order valence-corrected chi connectivity index (χ0v) is 6.77. The van der Waals surface area contributed by atoms with Crippen LogP contribution in [-0.4, -0.2) is 41.7 Å². The Kier molecular flexibility index (Phi) is 3.40. The molecule has 0 heterocycles. The largest absolute Gasteiger partial charge is 0.332 e. The lowest BCUT2D eigenvalue weighted by Gasteiger charge is -2.19. The highest BCUT2D eigenvalue weighted by Crippen LogP contribution is 1.93. The second-order valence-corrected chi connectivity index (χ2v) is 2.08. The van der Waals surface area contributed by atoms with Gasteiger partial charge in [-0.05, 0) is 0 Å². The maximum atomic E-state index is 11.0. The first-order valence-electron chi connectivity index (χ1n) is 2.98. The highest BCUT2D eigenvalue weighted by molar-refractivity contribution is 6.03. The Labute approximate surface area is 70.9 Å². The third kappa shape index (κ3) is 2.34. The van der Waals surface area contributed by atoms with Crippen molar-refractivity contribution in [2.75, 3.05) is 14.1 Å². The Balaban J connectivity index is 4.39. The Morgan fingerprint density at radius 3 is 1.33 bits per heavy atom. The van der Waals surface area contributed by atoms with E-state index in [0.29, 0.717) is 9.80 Å². The highest BCUT2D eigenvalue weighted by atomic mass is 16.2. The highest BCUT2D eigenvalue weighted by Gasteiger charge is 2.19. The van der Waals surface area contributed by atoms with Crippen molar-refractivity contribution in [3.63, 3.8) is 0 Å². The summed E-state index contributed by atoms with van der Waals surface area (Å²) in [6, 6.07) is -0.866. The molecule has 0 aliphatic heterocycles. The molecule has 12 heavy (non-hydrogen) atoms. The van der Waals surface area contributed by atoms with E-state index in [1.54, 1.807) is 0 Å². The lowest BCUT2D eigenvalue weighted by molar-refractivity contribution is -0.125. The first-order chi connectivity index (χ1) is 5.37. The van der Waals surface area contributed by atoms with Gasteiger partial charge in [-0.15, -0.1) is 0 Å². The van der Waals surface area contributed by atoms with Gasteiger partial charge in [-0.1, -0.05) is 0 Å². The molecule has 0 unspecified atom stereocenters. The summed E-state index contributed by atoms with van der Waals surface area (Å²) in [6.07, 6.45) is 0. The maximum Gasteiger partial charge on any atom is 0.332 e. The van der Waals surface area contributed by atoms with E-state index < -0.39 is 17.8 Å². The van der Waals surface area contributed by atoms with Crippen LogP contribution in [0.4, 0.5) is 4.79 Å². The summed E-state index contributed by atoms with van der Waals surface area (Å²) in [5, 5.41) is 0. The van der Waals surface area contributed by atoms with Crippen molar-refractivity contribution in [1.82, 2.24) is 9.80 Å². The van der Waals surface area contributed by atoms with E-state index >= 15 is 0 Å². The minimum atomic E-state index is -0.951. The van der Waals surface area contributed by atoms with Gasteiger partial charge in [-0.25, -0.2) is 4.79 Å². The smallest absolute Gasteiger partial charge is 0.274 e. The molecule has 0 aliphatic carbocycles. The summed E-state index contributed by atoms with van der Waals surface area (Å²) in [5.41, 5.74) is 0. The third-order valence-electron chi connectivity index (χ3n) is 1.24. The predicted octanol–water partition coefficient (Wildman–Crippen LogP) is -0.555. The average molecular weight is 168 g/mol. The quantitative estimate of drug-likeness (QED) is 0.487. The van der Waals surface area contributed by atoms with Crippen LogP contribution in [0, 0.1) is 13.8 Å². The van der Waals surface area contributed by atoms with E-state index in [2.05, 4.69) is 0 Å². The van der Waals surface area contributed by atoms with Crippen LogP contribution in [0.2, 0.25) is 0 Å². The topological polar surface area (TPSA) is 57.7 Å². The van der Waals surface area contributed by atoms with E-state index in [-0.39, 0.29) is 0 Å². The van der Waals surface area contributed by atoms with Crippen molar-refractivity contribution < 1.29 is 14.4 Å². The molecule has 0 saturated heterocycles. The number of nitrogens with zero attached hydrogens (tertiary/aromatic N) is 2. The Bertz CT molecular complexity index is 203. The van der Waals surface area contributed by atoms with Crippen molar-refractivity contribution in [3.05, 3.63) is 13.8 Å². The van der Waals surface area contributed by atoms with E-state index in [1.807, 2.05) is 0 Å². The van der Waals surface area contributed by atoms with Gasteiger partial charge in [0.25, 0.3) is 0 Å². The molecule has 64 valence electrons. The monoisotopic (exact) mass is 168 g/mol. The molecule has 0 aromatic rings. The molecule has 0 aromatic heterocycles. The Hall–Kier alpha value is -1.39. The maximum absolute atomic E-state index is 11.0.